The zero-order valence-corrected chi connectivity index (χ0v) is 39.7. The van der Waals surface area contributed by atoms with E-state index < -0.39 is 47.9 Å². The summed E-state index contributed by atoms with van der Waals surface area (Å²) in [5.74, 6) is -3.55. The molecule has 0 radical (unpaired) electrons. The molecule has 68 heavy (non-hydrogen) atoms. The van der Waals surface area contributed by atoms with Crippen molar-refractivity contribution < 1.29 is 33.1 Å². The summed E-state index contributed by atoms with van der Waals surface area (Å²) in [5.41, 5.74) is 5.28. The summed E-state index contributed by atoms with van der Waals surface area (Å²) in [6, 6.07) is 14.7. The van der Waals surface area contributed by atoms with Crippen molar-refractivity contribution in [1.82, 2.24) is 35.4 Å². The largest absolute Gasteiger partial charge is 0.391 e. The minimum absolute atomic E-state index is 0.0257. The van der Waals surface area contributed by atoms with Crippen LogP contribution in [0.1, 0.15) is 94.1 Å². The van der Waals surface area contributed by atoms with E-state index in [4.69, 9.17) is 0 Å². The highest BCUT2D eigenvalue weighted by Gasteiger charge is 2.67. The average molecular weight is 949 g/mol. The number of aromatic nitrogens is 3. The summed E-state index contributed by atoms with van der Waals surface area (Å²) >= 11 is 1.57. The van der Waals surface area contributed by atoms with Gasteiger partial charge >= 0.3 is 0 Å². The fourth-order valence-electron chi connectivity index (χ4n) is 10.7. The van der Waals surface area contributed by atoms with Crippen LogP contribution in [-0.4, -0.2) is 110 Å². The number of nitrogens with zero attached hydrogens (tertiary/aromatic N) is 7. The van der Waals surface area contributed by atoms with Gasteiger partial charge in [0.05, 0.1) is 46.4 Å². The summed E-state index contributed by atoms with van der Waals surface area (Å²) in [6.45, 7) is 10.1. The van der Waals surface area contributed by atoms with Crippen LogP contribution in [-0.2, 0) is 19.2 Å². The zero-order valence-electron chi connectivity index (χ0n) is 38.9. The third-order valence-corrected chi connectivity index (χ3v) is 15.7. The number of hydrogen-bond donors (Lipinski definition) is 4. The molecule has 3 aliphatic heterocycles. The van der Waals surface area contributed by atoms with Crippen LogP contribution in [0.15, 0.2) is 60.2 Å². The van der Waals surface area contributed by atoms with Crippen molar-refractivity contribution in [3.8, 4) is 16.5 Å². The van der Waals surface area contributed by atoms with Gasteiger partial charge in [0.15, 0.2) is 0 Å². The number of alkyl halides is 2. The smallest absolute Gasteiger partial charge is 0.266 e. The molecular formula is C50H58F2N10O5S. The summed E-state index contributed by atoms with van der Waals surface area (Å²) in [5, 5.41) is 29.4. The summed E-state index contributed by atoms with van der Waals surface area (Å²) in [6.07, 6.45) is 2.48. The molecular weight excluding hydrogens is 891 g/mol. The van der Waals surface area contributed by atoms with Crippen LogP contribution in [0.2, 0.25) is 0 Å². The van der Waals surface area contributed by atoms with Crippen molar-refractivity contribution >= 4 is 52.4 Å². The molecule has 6 atom stereocenters. The van der Waals surface area contributed by atoms with Gasteiger partial charge in [-0.1, -0.05) is 45.0 Å². The monoisotopic (exact) mass is 948 g/mol. The Kier molecular flexibility index (Phi) is 12.8. The van der Waals surface area contributed by atoms with E-state index in [-0.39, 0.29) is 73.4 Å². The molecule has 10 rings (SSSR count). The van der Waals surface area contributed by atoms with Crippen LogP contribution in [0.5, 0.6) is 0 Å². The first-order valence-corrected chi connectivity index (χ1v) is 24.4. The molecule has 3 aromatic heterocycles. The fourth-order valence-corrected chi connectivity index (χ4v) is 11.5. The quantitative estimate of drug-likeness (QED) is 0.124. The lowest BCUT2D eigenvalue weighted by atomic mass is 9.40. The lowest BCUT2D eigenvalue weighted by Crippen LogP contribution is -2.70. The Morgan fingerprint density at radius 3 is 2.31 bits per heavy atom. The Labute approximate surface area is 398 Å². The standard InChI is InChI=1S/C50H58F2N10O5S/c1-27(30-6-8-32(9-7-30)43-28(2)55-26-68-43)56-45(64)37-21-34(63)24-62(37)48(67)44(49(3,4)5)59-46(65)41-35-22-36(41)42(35)47(66)60-15-11-31(12-16-60)33-19-39(57-38-18-29(23-53)10-14-54-38)58-40(20-33)61-17-13-50(51,52)25-61/h6-10,14,18-20,26-27,31,34-37,41-42,44,63H,11-13,15-17,21-22,24-25H2,1-5H3,(H,56,64)(H,59,65)(H,54,57,58)/t27-,34+,35?,36?,37-,41?,42?,44+/m0/s1. The Hall–Kier alpha value is -6.06. The van der Waals surface area contributed by atoms with E-state index in [1.165, 1.54) is 11.1 Å². The lowest BCUT2D eigenvalue weighted by Gasteiger charge is -2.63. The molecule has 6 fully saturated rings. The first-order chi connectivity index (χ1) is 32.4. The molecule has 1 aromatic carbocycles. The molecule has 15 nitrogen and oxygen atoms in total. The van der Waals surface area contributed by atoms with E-state index in [2.05, 4.69) is 37.0 Å². The molecule has 4 amide bonds. The van der Waals surface area contributed by atoms with E-state index in [1.807, 2.05) is 81.4 Å². The number of nitrogens with one attached hydrogen (secondary N) is 3. The van der Waals surface area contributed by atoms with Crippen molar-refractivity contribution in [1.29, 1.82) is 5.26 Å². The van der Waals surface area contributed by atoms with Gasteiger partial charge in [0.1, 0.15) is 29.5 Å². The molecule has 2 bridgehead atoms. The van der Waals surface area contributed by atoms with Gasteiger partial charge in [-0.3, -0.25) is 19.2 Å². The third kappa shape index (κ3) is 9.39. The number of pyridine rings is 2. The topological polar surface area (TPSA) is 197 Å². The summed E-state index contributed by atoms with van der Waals surface area (Å²) in [7, 11) is 0. The lowest BCUT2D eigenvalue weighted by molar-refractivity contribution is -0.195. The number of halogens is 2. The number of piperidine rings is 1. The number of rotatable bonds is 12. The van der Waals surface area contributed by atoms with Crippen LogP contribution in [0, 0.1) is 47.3 Å². The molecule has 0 spiro atoms. The van der Waals surface area contributed by atoms with Crippen molar-refractivity contribution in [3.05, 3.63) is 82.6 Å². The summed E-state index contributed by atoms with van der Waals surface area (Å²) in [4.78, 5) is 75.5. The maximum Gasteiger partial charge on any atom is 0.266 e. The number of aryl methyl sites for hydroxylation is 1. The third-order valence-electron chi connectivity index (χ3n) is 14.8. The first-order valence-electron chi connectivity index (χ1n) is 23.5. The molecule has 4 aromatic rings. The van der Waals surface area contributed by atoms with Gasteiger partial charge in [-0.05, 0) is 97.2 Å². The molecule has 18 heteroatoms. The zero-order chi connectivity index (χ0) is 48.2. The number of hydrogen-bond acceptors (Lipinski definition) is 12. The highest BCUT2D eigenvalue weighted by atomic mass is 32.1. The number of amides is 4. The van der Waals surface area contributed by atoms with Gasteiger partial charge in [-0.2, -0.15) is 5.26 Å². The molecule has 3 aliphatic carbocycles. The van der Waals surface area contributed by atoms with Gasteiger partial charge in [0, 0.05) is 57.1 Å². The van der Waals surface area contributed by atoms with Crippen LogP contribution < -0.4 is 20.9 Å². The predicted molar refractivity (Wildman–Crippen MR) is 252 cm³/mol. The highest BCUT2D eigenvalue weighted by molar-refractivity contribution is 7.13. The van der Waals surface area contributed by atoms with Crippen LogP contribution in [0.25, 0.3) is 10.4 Å². The molecule has 3 saturated heterocycles. The number of β-amino-alcohol motifs (C(OH)–C–C–N with tert-alkyl or cyclic N) is 1. The maximum absolute atomic E-state index is 14.4. The molecule has 6 heterocycles. The normalized spacial score (nSPS) is 25.1. The van der Waals surface area contributed by atoms with Gasteiger partial charge < -0.3 is 35.8 Å². The van der Waals surface area contributed by atoms with Crippen molar-refractivity contribution in [2.45, 2.75) is 103 Å². The second kappa shape index (κ2) is 18.4. The predicted octanol–water partition coefficient (Wildman–Crippen LogP) is 6.33. The number of carbonyl (C=O) groups is 4. The number of anilines is 3. The number of thiazole rings is 1. The van der Waals surface area contributed by atoms with Crippen LogP contribution in [0.4, 0.5) is 26.2 Å². The Balaban J connectivity index is 0.804. The number of aliphatic hydroxyl groups is 1. The highest BCUT2D eigenvalue weighted by Crippen LogP contribution is 2.64. The van der Waals surface area contributed by atoms with E-state index >= 15 is 0 Å². The molecule has 6 aliphatic rings. The maximum atomic E-state index is 14.4. The van der Waals surface area contributed by atoms with E-state index in [1.54, 1.807) is 28.4 Å². The van der Waals surface area contributed by atoms with Crippen molar-refractivity contribution in [2.24, 2.45) is 29.1 Å². The van der Waals surface area contributed by atoms with E-state index in [0.29, 0.717) is 48.9 Å². The minimum atomic E-state index is -2.81. The van der Waals surface area contributed by atoms with Crippen molar-refractivity contribution in [2.75, 3.05) is 42.9 Å². The average Bonchev–Trinajstić information content (AvgIpc) is 4.01. The minimum Gasteiger partial charge on any atom is -0.391 e. The second-order valence-corrected chi connectivity index (χ2v) is 21.2. The number of nitriles is 1. The summed E-state index contributed by atoms with van der Waals surface area (Å²) < 4.78 is 28.6. The van der Waals surface area contributed by atoms with Gasteiger partial charge in [-0.25, -0.2) is 23.7 Å². The first kappa shape index (κ1) is 47.0. The number of aliphatic hydroxyl groups excluding tert-OH is 1. The van der Waals surface area contributed by atoms with Crippen LogP contribution >= 0.6 is 11.3 Å². The SMILES string of the molecule is Cc1ncsc1-c1ccc([C@H](C)NC(=O)[C@@H]2C[C@@H](O)CN2C(=O)[C@@H](NC(=O)C2C3CC2C3C(=O)N2CCC(c3cc(Nc4cc(C#N)ccn4)nc(N4CCC(F)(F)C4)c3)CC2)C(C)(C)C)cc1. The Morgan fingerprint density at radius 2 is 1.68 bits per heavy atom. The fraction of sp³-hybridized carbons (Fsp3) is 0.520. The second-order valence-electron chi connectivity index (χ2n) is 20.4. The Morgan fingerprint density at radius 1 is 0.941 bits per heavy atom. The number of carbonyl (C=O) groups excluding carboxylic acids is 4. The molecule has 2 unspecified atom stereocenters. The number of benzene rings is 1. The molecule has 4 N–H and O–H groups in total. The van der Waals surface area contributed by atoms with Crippen molar-refractivity contribution in [3.63, 3.8) is 0 Å². The van der Waals surface area contributed by atoms with Crippen LogP contribution in [0.3, 0.4) is 0 Å². The van der Waals surface area contributed by atoms with Gasteiger partial charge in [-0.15, -0.1) is 11.3 Å². The molecule has 3 saturated carbocycles. The van der Waals surface area contributed by atoms with E-state index in [0.717, 1.165) is 33.7 Å². The van der Waals surface area contributed by atoms with E-state index in [9.17, 15) is 38.3 Å². The van der Waals surface area contributed by atoms with Gasteiger partial charge in [0.25, 0.3) is 5.92 Å². The number of likely N-dealkylation sites (tertiary alicyclic amines) is 2. The van der Waals surface area contributed by atoms with Gasteiger partial charge in [0.2, 0.25) is 23.6 Å². The molecule has 358 valence electrons. The Bertz CT molecular complexity index is 2610.